The molecule has 4 nitrogen and oxygen atoms in total. The number of carbonyl (C=O) groups excluding carboxylic acids is 1. The van der Waals surface area contributed by atoms with Gasteiger partial charge >= 0.3 is 0 Å². The lowest BCUT2D eigenvalue weighted by atomic mass is 9.98. The Morgan fingerprint density at radius 1 is 1.71 bits per heavy atom. The van der Waals surface area contributed by atoms with E-state index in [9.17, 15) is 9.90 Å². The molecule has 4 heteroatoms. The molecule has 1 aliphatic heterocycles. The molecule has 0 aliphatic carbocycles. The number of rotatable bonds is 4. The fourth-order valence-corrected chi connectivity index (χ4v) is 1.56. The molecule has 0 saturated carbocycles. The molecular weight excluding hydrogens is 184 g/mol. The molecule has 0 bridgehead atoms. The normalized spacial score (nSPS) is 30.0. The van der Waals surface area contributed by atoms with E-state index in [1.165, 1.54) is 0 Å². The van der Waals surface area contributed by atoms with Gasteiger partial charge in [0, 0.05) is 6.42 Å². The van der Waals surface area contributed by atoms with Gasteiger partial charge in [-0.3, -0.25) is 4.79 Å². The Bertz CT molecular complexity index is 214. The van der Waals surface area contributed by atoms with E-state index < -0.39 is 18.8 Å². The van der Waals surface area contributed by atoms with Gasteiger partial charge in [0.1, 0.15) is 12.2 Å². The molecule has 0 aromatic carbocycles. The molecule has 3 atom stereocenters. The highest BCUT2D eigenvalue weighted by molar-refractivity contribution is 5.84. The Morgan fingerprint density at radius 3 is 3.00 bits per heavy atom. The number of hydrogen-bond donors (Lipinski definition) is 2. The molecular formula is C10H16O4. The number of ether oxygens (including phenoxy) is 1. The summed E-state index contributed by atoms with van der Waals surface area (Å²) in [6.07, 6.45) is 1.44. The Morgan fingerprint density at radius 2 is 2.43 bits per heavy atom. The van der Waals surface area contributed by atoms with Gasteiger partial charge in [0.05, 0.1) is 12.7 Å². The number of hydrogen-bond acceptors (Lipinski definition) is 4. The Hall–Kier alpha value is -0.710. The van der Waals surface area contributed by atoms with Crippen LogP contribution in [0.15, 0.2) is 12.7 Å². The lowest BCUT2D eigenvalue weighted by Crippen LogP contribution is -2.44. The van der Waals surface area contributed by atoms with Crippen LogP contribution in [-0.2, 0) is 9.53 Å². The second-order valence-corrected chi connectivity index (χ2v) is 3.46. The van der Waals surface area contributed by atoms with E-state index in [-0.39, 0.29) is 11.9 Å². The van der Waals surface area contributed by atoms with Gasteiger partial charge in [0.2, 0.25) is 0 Å². The van der Waals surface area contributed by atoms with Crippen molar-refractivity contribution in [2.24, 2.45) is 0 Å². The predicted molar refractivity (Wildman–Crippen MR) is 50.8 cm³/mol. The van der Waals surface area contributed by atoms with Gasteiger partial charge in [-0.25, -0.2) is 0 Å². The van der Waals surface area contributed by atoms with Crippen LogP contribution in [0.2, 0.25) is 0 Å². The Kier molecular flexibility index (Phi) is 4.25. The fraction of sp³-hybridized carbons (Fsp3) is 0.700. The van der Waals surface area contributed by atoms with Crippen molar-refractivity contribution in [3.63, 3.8) is 0 Å². The SMILES string of the molecule is C=CC[C@@H]1CCC(=O)[C@@H]([C@@H](O)CO)O1. The minimum atomic E-state index is -1.10. The maximum Gasteiger partial charge on any atom is 0.164 e. The van der Waals surface area contributed by atoms with E-state index in [1.54, 1.807) is 6.08 Å². The third-order valence-electron chi connectivity index (χ3n) is 2.34. The molecule has 14 heavy (non-hydrogen) atoms. The molecule has 0 spiro atoms. The van der Waals surface area contributed by atoms with Crippen molar-refractivity contribution >= 4 is 5.78 Å². The highest BCUT2D eigenvalue weighted by atomic mass is 16.5. The van der Waals surface area contributed by atoms with Crippen molar-refractivity contribution in [1.82, 2.24) is 0 Å². The van der Waals surface area contributed by atoms with Gasteiger partial charge in [-0.1, -0.05) is 6.08 Å². The van der Waals surface area contributed by atoms with Gasteiger partial charge in [-0.15, -0.1) is 6.58 Å². The maximum atomic E-state index is 11.3. The second kappa shape index (κ2) is 5.24. The topological polar surface area (TPSA) is 66.8 Å². The average molecular weight is 200 g/mol. The molecule has 2 N–H and O–H groups in total. The first-order valence-corrected chi connectivity index (χ1v) is 4.77. The lowest BCUT2D eigenvalue weighted by Gasteiger charge is -2.30. The third kappa shape index (κ3) is 2.64. The van der Waals surface area contributed by atoms with E-state index in [4.69, 9.17) is 9.84 Å². The lowest BCUT2D eigenvalue weighted by molar-refractivity contribution is -0.157. The van der Waals surface area contributed by atoms with E-state index >= 15 is 0 Å². The number of ketones is 1. The van der Waals surface area contributed by atoms with Gasteiger partial charge < -0.3 is 14.9 Å². The predicted octanol–water partition coefficient (Wildman–Crippen LogP) is 0.0324. The van der Waals surface area contributed by atoms with Gasteiger partial charge in [0.15, 0.2) is 5.78 Å². The van der Waals surface area contributed by atoms with Crippen LogP contribution in [0, 0.1) is 0 Å². The molecule has 1 aliphatic rings. The van der Waals surface area contributed by atoms with Crippen LogP contribution in [-0.4, -0.2) is 40.9 Å². The largest absolute Gasteiger partial charge is 0.394 e. The number of carbonyl (C=O) groups is 1. The molecule has 80 valence electrons. The van der Waals surface area contributed by atoms with Gasteiger partial charge in [0.25, 0.3) is 0 Å². The molecule has 1 saturated heterocycles. The highest BCUT2D eigenvalue weighted by Gasteiger charge is 2.33. The average Bonchev–Trinajstić information content (AvgIpc) is 2.20. The summed E-state index contributed by atoms with van der Waals surface area (Å²) in [5.74, 6) is -0.133. The highest BCUT2D eigenvalue weighted by Crippen LogP contribution is 2.20. The first kappa shape index (κ1) is 11.4. The van der Waals surface area contributed by atoms with Crippen LogP contribution in [0.3, 0.4) is 0 Å². The van der Waals surface area contributed by atoms with Crippen molar-refractivity contribution in [2.45, 2.75) is 37.6 Å². The first-order valence-electron chi connectivity index (χ1n) is 4.77. The second-order valence-electron chi connectivity index (χ2n) is 3.46. The minimum Gasteiger partial charge on any atom is -0.394 e. The smallest absolute Gasteiger partial charge is 0.164 e. The van der Waals surface area contributed by atoms with Gasteiger partial charge in [-0.05, 0) is 12.8 Å². The molecule has 0 unspecified atom stereocenters. The maximum absolute atomic E-state index is 11.3. The third-order valence-corrected chi connectivity index (χ3v) is 2.34. The fourth-order valence-electron chi connectivity index (χ4n) is 1.56. The zero-order valence-electron chi connectivity index (χ0n) is 8.06. The van der Waals surface area contributed by atoms with Gasteiger partial charge in [-0.2, -0.15) is 0 Å². The van der Waals surface area contributed by atoms with Crippen LogP contribution >= 0.6 is 0 Å². The quantitative estimate of drug-likeness (QED) is 0.628. The molecule has 0 aromatic heterocycles. The molecule has 1 fully saturated rings. The number of Topliss-reactive ketones (excluding diaryl/α,β-unsaturated/α-hetero) is 1. The summed E-state index contributed by atoms with van der Waals surface area (Å²) in [4.78, 5) is 11.3. The van der Waals surface area contributed by atoms with E-state index in [2.05, 4.69) is 6.58 Å². The first-order chi connectivity index (χ1) is 6.69. The minimum absolute atomic E-state index is 0.0589. The zero-order valence-corrected chi connectivity index (χ0v) is 8.06. The zero-order chi connectivity index (χ0) is 10.6. The summed E-state index contributed by atoms with van der Waals surface area (Å²) in [6.45, 7) is 3.14. The van der Waals surface area contributed by atoms with Crippen molar-refractivity contribution in [2.75, 3.05) is 6.61 Å². The molecule has 0 radical (unpaired) electrons. The summed E-state index contributed by atoms with van der Waals surface area (Å²) in [5.41, 5.74) is 0. The monoisotopic (exact) mass is 200 g/mol. The Balaban J connectivity index is 2.54. The van der Waals surface area contributed by atoms with E-state index in [0.717, 1.165) is 0 Å². The summed E-state index contributed by atoms with van der Waals surface area (Å²) in [6, 6.07) is 0. The summed E-state index contributed by atoms with van der Waals surface area (Å²) >= 11 is 0. The molecule has 1 rings (SSSR count). The van der Waals surface area contributed by atoms with Crippen LogP contribution in [0.4, 0.5) is 0 Å². The van der Waals surface area contributed by atoms with Crippen molar-refractivity contribution in [3.05, 3.63) is 12.7 Å². The van der Waals surface area contributed by atoms with Crippen molar-refractivity contribution in [1.29, 1.82) is 0 Å². The van der Waals surface area contributed by atoms with Crippen molar-refractivity contribution < 1.29 is 19.7 Å². The van der Waals surface area contributed by atoms with Crippen LogP contribution in [0.1, 0.15) is 19.3 Å². The summed E-state index contributed by atoms with van der Waals surface area (Å²) < 4.78 is 5.36. The number of aliphatic hydroxyl groups excluding tert-OH is 2. The van der Waals surface area contributed by atoms with E-state index in [0.29, 0.717) is 19.3 Å². The molecule has 0 amide bonds. The van der Waals surface area contributed by atoms with Crippen LogP contribution in [0.25, 0.3) is 0 Å². The van der Waals surface area contributed by atoms with Crippen molar-refractivity contribution in [3.8, 4) is 0 Å². The number of aliphatic hydroxyl groups is 2. The molecule has 1 heterocycles. The van der Waals surface area contributed by atoms with Crippen LogP contribution in [0.5, 0.6) is 0 Å². The van der Waals surface area contributed by atoms with Crippen LogP contribution < -0.4 is 0 Å². The summed E-state index contributed by atoms with van der Waals surface area (Å²) in [5, 5.41) is 18.0. The van der Waals surface area contributed by atoms with E-state index in [1.807, 2.05) is 0 Å². The Labute approximate surface area is 83.2 Å². The standard InChI is InChI=1S/C10H16O4/c1-2-3-7-4-5-8(12)10(14-7)9(13)6-11/h2,7,9-11,13H,1,3-6H2/t7-,9+,10+/m1/s1. The summed E-state index contributed by atoms with van der Waals surface area (Å²) in [7, 11) is 0. The molecule has 0 aromatic rings.